The van der Waals surface area contributed by atoms with Crippen molar-refractivity contribution in [1.29, 1.82) is 0 Å². The van der Waals surface area contributed by atoms with Crippen LogP contribution >= 0.6 is 0 Å². The lowest BCUT2D eigenvalue weighted by Crippen LogP contribution is -1.66. The summed E-state index contributed by atoms with van der Waals surface area (Å²) in [5.74, 6) is 0.755. The van der Waals surface area contributed by atoms with Crippen molar-refractivity contribution in [2.75, 3.05) is 0 Å². The van der Waals surface area contributed by atoms with Crippen LogP contribution in [0, 0.1) is 0 Å². The van der Waals surface area contributed by atoms with E-state index in [9.17, 15) is 0 Å². The van der Waals surface area contributed by atoms with Crippen LogP contribution in [-0.2, 0) is 0 Å². The van der Waals surface area contributed by atoms with Crippen LogP contribution in [0.5, 0.6) is 0 Å². The maximum atomic E-state index is 4.75. The van der Waals surface area contributed by atoms with E-state index in [2.05, 4.69) is 11.7 Å². The fourth-order valence-electron chi connectivity index (χ4n) is 0.436. The summed E-state index contributed by atoms with van der Waals surface area (Å²) < 4.78 is 4.75. The van der Waals surface area contributed by atoms with Gasteiger partial charge in [-0.15, -0.1) is 0 Å². The van der Waals surface area contributed by atoms with E-state index in [0.717, 1.165) is 11.3 Å². The summed E-state index contributed by atoms with van der Waals surface area (Å²) in [5.41, 5.74) is 0.905. The van der Waals surface area contributed by atoms with Gasteiger partial charge in [0.15, 0.2) is 5.76 Å². The Bertz CT molecular complexity index is 176. The molecule has 0 fully saturated rings. The molecule has 0 saturated heterocycles. The second kappa shape index (κ2) is 1.82. The minimum absolute atomic E-state index is 0.755. The van der Waals surface area contributed by atoms with Gasteiger partial charge in [-0.25, -0.2) is 0 Å². The lowest BCUT2D eigenvalue weighted by molar-refractivity contribution is 0.410. The van der Waals surface area contributed by atoms with Crippen molar-refractivity contribution in [2.24, 2.45) is 0 Å². The fraction of sp³-hybridized carbons (Fsp3) is 0.167. The van der Waals surface area contributed by atoms with Crippen LogP contribution in [0.3, 0.4) is 0 Å². The zero-order valence-corrected chi connectivity index (χ0v) is 4.72. The highest BCUT2D eigenvalue weighted by Gasteiger charge is 1.92. The van der Waals surface area contributed by atoms with E-state index in [1.165, 1.54) is 0 Å². The maximum Gasteiger partial charge on any atom is 0.161 e. The molecule has 0 radical (unpaired) electrons. The number of aromatic nitrogens is 1. The Hall–Kier alpha value is -1.05. The summed E-state index contributed by atoms with van der Waals surface area (Å²) in [6.07, 6.45) is 1.60. The first-order valence-electron chi connectivity index (χ1n) is 2.37. The van der Waals surface area contributed by atoms with Gasteiger partial charge < -0.3 is 4.52 Å². The molecule has 0 spiro atoms. The van der Waals surface area contributed by atoms with Crippen LogP contribution < -0.4 is 0 Å². The smallest absolute Gasteiger partial charge is 0.161 e. The van der Waals surface area contributed by atoms with Crippen molar-refractivity contribution in [2.45, 2.75) is 6.92 Å². The Morgan fingerprint density at radius 1 is 1.88 bits per heavy atom. The van der Waals surface area contributed by atoms with Gasteiger partial charge in [-0.3, -0.25) is 0 Å². The molecule has 0 unspecified atom stereocenters. The van der Waals surface area contributed by atoms with Gasteiger partial charge in [-0.05, 0) is 12.5 Å². The number of allylic oxidation sites excluding steroid dienone is 1. The van der Waals surface area contributed by atoms with Crippen molar-refractivity contribution in [3.8, 4) is 0 Å². The average Bonchev–Trinajstić information content (AvgIpc) is 2.12. The number of rotatable bonds is 1. The third-order valence-electron chi connectivity index (χ3n) is 0.858. The highest BCUT2D eigenvalue weighted by Crippen LogP contribution is 2.07. The standard InChI is InChI=1S/C6H7NO/c1-5(2)6-3-4-7-8-6/h3-4H,1H2,2H3. The van der Waals surface area contributed by atoms with Crippen LogP contribution in [-0.4, -0.2) is 5.16 Å². The SMILES string of the molecule is C=C(C)c1ccno1. The molecule has 0 amide bonds. The van der Waals surface area contributed by atoms with E-state index >= 15 is 0 Å². The minimum atomic E-state index is 0.755. The lowest BCUT2D eigenvalue weighted by Gasteiger charge is -1.83. The molecule has 1 aromatic heterocycles. The van der Waals surface area contributed by atoms with E-state index in [1.807, 2.05) is 6.92 Å². The lowest BCUT2D eigenvalue weighted by atomic mass is 10.3. The molecular formula is C6H7NO. The highest BCUT2D eigenvalue weighted by molar-refractivity contribution is 5.55. The molecule has 42 valence electrons. The molecule has 1 heterocycles. The maximum absolute atomic E-state index is 4.75. The molecular weight excluding hydrogens is 102 g/mol. The Labute approximate surface area is 47.8 Å². The fourth-order valence-corrected chi connectivity index (χ4v) is 0.436. The summed E-state index contributed by atoms with van der Waals surface area (Å²) in [5, 5.41) is 3.51. The summed E-state index contributed by atoms with van der Waals surface area (Å²) in [6, 6.07) is 1.78. The Morgan fingerprint density at radius 2 is 2.62 bits per heavy atom. The second-order valence-electron chi connectivity index (χ2n) is 1.66. The Morgan fingerprint density at radius 3 is 2.88 bits per heavy atom. The monoisotopic (exact) mass is 109 g/mol. The van der Waals surface area contributed by atoms with Gasteiger partial charge >= 0.3 is 0 Å². The van der Waals surface area contributed by atoms with Gasteiger partial charge in [0.2, 0.25) is 0 Å². The largest absolute Gasteiger partial charge is 0.357 e. The first-order valence-corrected chi connectivity index (χ1v) is 2.37. The number of hydrogen-bond donors (Lipinski definition) is 0. The molecule has 0 aliphatic heterocycles. The number of hydrogen-bond acceptors (Lipinski definition) is 2. The van der Waals surface area contributed by atoms with Gasteiger partial charge in [0.25, 0.3) is 0 Å². The van der Waals surface area contributed by atoms with Crippen LogP contribution in [0.2, 0.25) is 0 Å². The molecule has 0 aromatic carbocycles. The normalized spacial score (nSPS) is 9.12. The van der Waals surface area contributed by atoms with Gasteiger partial charge in [0, 0.05) is 6.07 Å². The molecule has 0 aliphatic carbocycles. The van der Waals surface area contributed by atoms with E-state index < -0.39 is 0 Å². The van der Waals surface area contributed by atoms with Crippen molar-refractivity contribution < 1.29 is 4.52 Å². The molecule has 1 aromatic rings. The zero-order chi connectivity index (χ0) is 5.98. The van der Waals surface area contributed by atoms with E-state index in [4.69, 9.17) is 4.52 Å². The summed E-state index contributed by atoms with van der Waals surface area (Å²) in [7, 11) is 0. The zero-order valence-electron chi connectivity index (χ0n) is 4.72. The Kier molecular flexibility index (Phi) is 1.16. The van der Waals surface area contributed by atoms with Crippen molar-refractivity contribution in [3.63, 3.8) is 0 Å². The third kappa shape index (κ3) is 0.780. The molecule has 2 nitrogen and oxygen atoms in total. The molecule has 0 aliphatic rings. The van der Waals surface area contributed by atoms with Crippen molar-refractivity contribution in [3.05, 3.63) is 24.6 Å². The third-order valence-corrected chi connectivity index (χ3v) is 0.858. The molecule has 0 N–H and O–H groups in total. The quantitative estimate of drug-likeness (QED) is 0.548. The predicted octanol–water partition coefficient (Wildman–Crippen LogP) is 1.71. The topological polar surface area (TPSA) is 26.0 Å². The molecule has 2 heteroatoms. The molecule has 8 heavy (non-hydrogen) atoms. The summed E-state index contributed by atoms with van der Waals surface area (Å²) in [6.45, 7) is 5.54. The first-order chi connectivity index (χ1) is 3.80. The van der Waals surface area contributed by atoms with Gasteiger partial charge in [-0.2, -0.15) is 0 Å². The van der Waals surface area contributed by atoms with Crippen molar-refractivity contribution >= 4 is 5.57 Å². The van der Waals surface area contributed by atoms with E-state index in [0.29, 0.717) is 0 Å². The van der Waals surface area contributed by atoms with Crippen molar-refractivity contribution in [1.82, 2.24) is 5.16 Å². The van der Waals surface area contributed by atoms with Crippen LogP contribution in [0.1, 0.15) is 12.7 Å². The van der Waals surface area contributed by atoms with Gasteiger partial charge in [0.05, 0.1) is 6.20 Å². The van der Waals surface area contributed by atoms with E-state index in [-0.39, 0.29) is 0 Å². The average molecular weight is 109 g/mol. The minimum Gasteiger partial charge on any atom is -0.357 e. The Balaban J connectivity index is 2.93. The summed E-state index contributed by atoms with van der Waals surface area (Å²) in [4.78, 5) is 0. The first kappa shape index (κ1) is 5.09. The second-order valence-corrected chi connectivity index (χ2v) is 1.66. The van der Waals surface area contributed by atoms with Crippen LogP contribution in [0.25, 0.3) is 5.57 Å². The van der Waals surface area contributed by atoms with Crippen LogP contribution in [0.15, 0.2) is 23.4 Å². The molecule has 0 atom stereocenters. The summed E-state index contributed by atoms with van der Waals surface area (Å²) >= 11 is 0. The molecule has 0 bridgehead atoms. The van der Waals surface area contributed by atoms with Crippen LogP contribution in [0.4, 0.5) is 0 Å². The van der Waals surface area contributed by atoms with Gasteiger partial charge in [0.1, 0.15) is 0 Å². The highest BCUT2D eigenvalue weighted by atomic mass is 16.5. The molecule has 0 saturated carbocycles. The van der Waals surface area contributed by atoms with E-state index in [1.54, 1.807) is 12.3 Å². The molecule has 1 rings (SSSR count). The predicted molar refractivity (Wildman–Crippen MR) is 31.2 cm³/mol. The van der Waals surface area contributed by atoms with Gasteiger partial charge in [-0.1, -0.05) is 11.7 Å². The number of nitrogens with zero attached hydrogens (tertiary/aromatic N) is 1.